The number of carbonyl (C=O) groups excluding carboxylic acids is 2. The van der Waals surface area contributed by atoms with Gasteiger partial charge in [0.05, 0.1) is 5.56 Å². The summed E-state index contributed by atoms with van der Waals surface area (Å²) in [5.74, 6) is -0.0981. The SMILES string of the molecule is CCN(CC)CCN(CC)Cc1cccc(C(=O)Oc2ccc(NC(C)=O)cc2)c1. The van der Waals surface area contributed by atoms with Crippen molar-refractivity contribution in [1.29, 1.82) is 0 Å². The first-order valence-corrected chi connectivity index (χ1v) is 10.6. The zero-order chi connectivity index (χ0) is 21.9. The summed E-state index contributed by atoms with van der Waals surface area (Å²) in [5, 5.41) is 2.69. The van der Waals surface area contributed by atoms with E-state index in [1.807, 2.05) is 18.2 Å². The monoisotopic (exact) mass is 411 g/mol. The largest absolute Gasteiger partial charge is 0.423 e. The van der Waals surface area contributed by atoms with Crippen molar-refractivity contribution in [2.24, 2.45) is 0 Å². The molecule has 1 N–H and O–H groups in total. The normalized spacial score (nSPS) is 11.0. The first kappa shape index (κ1) is 23.6. The molecule has 6 heteroatoms. The highest BCUT2D eigenvalue weighted by Gasteiger charge is 2.12. The lowest BCUT2D eigenvalue weighted by molar-refractivity contribution is -0.114. The molecule has 0 spiro atoms. The summed E-state index contributed by atoms with van der Waals surface area (Å²) < 4.78 is 5.48. The molecule has 6 nitrogen and oxygen atoms in total. The van der Waals surface area contributed by atoms with Crippen molar-refractivity contribution in [3.8, 4) is 5.75 Å². The minimum atomic E-state index is -0.393. The van der Waals surface area contributed by atoms with Gasteiger partial charge in [-0.25, -0.2) is 4.79 Å². The fourth-order valence-electron chi connectivity index (χ4n) is 3.20. The van der Waals surface area contributed by atoms with Crippen LogP contribution in [0.5, 0.6) is 5.75 Å². The highest BCUT2D eigenvalue weighted by molar-refractivity contribution is 5.91. The first-order valence-electron chi connectivity index (χ1n) is 10.6. The van der Waals surface area contributed by atoms with Gasteiger partial charge in [-0.15, -0.1) is 0 Å². The molecule has 2 rings (SSSR count). The Kier molecular flexibility index (Phi) is 9.51. The molecular weight excluding hydrogens is 378 g/mol. The molecule has 0 radical (unpaired) electrons. The Morgan fingerprint density at radius 1 is 0.900 bits per heavy atom. The summed E-state index contributed by atoms with van der Waals surface area (Å²) in [6, 6.07) is 14.3. The van der Waals surface area contributed by atoms with Gasteiger partial charge in [0.15, 0.2) is 0 Å². The Hall–Kier alpha value is -2.70. The van der Waals surface area contributed by atoms with Crippen LogP contribution in [0.3, 0.4) is 0 Å². The van der Waals surface area contributed by atoms with Gasteiger partial charge in [-0.2, -0.15) is 0 Å². The second kappa shape index (κ2) is 12.1. The van der Waals surface area contributed by atoms with Crippen molar-refractivity contribution in [2.45, 2.75) is 34.2 Å². The molecule has 1 amide bonds. The number of hydrogen-bond donors (Lipinski definition) is 1. The minimum Gasteiger partial charge on any atom is -0.423 e. The Morgan fingerprint density at radius 2 is 1.53 bits per heavy atom. The molecule has 0 saturated carbocycles. The smallest absolute Gasteiger partial charge is 0.343 e. The number of nitrogens with zero attached hydrogens (tertiary/aromatic N) is 2. The van der Waals surface area contributed by atoms with Crippen LogP contribution in [0.25, 0.3) is 0 Å². The summed E-state index contributed by atoms with van der Waals surface area (Å²) in [7, 11) is 0. The third-order valence-electron chi connectivity index (χ3n) is 5.03. The van der Waals surface area contributed by atoms with Crippen molar-refractivity contribution >= 4 is 17.6 Å². The molecule has 2 aromatic carbocycles. The fourth-order valence-corrected chi connectivity index (χ4v) is 3.20. The second-order valence-corrected chi connectivity index (χ2v) is 7.19. The fraction of sp³-hybridized carbons (Fsp3) is 0.417. The first-order chi connectivity index (χ1) is 14.4. The molecule has 0 unspecified atom stereocenters. The van der Waals surface area contributed by atoms with E-state index < -0.39 is 5.97 Å². The van der Waals surface area contributed by atoms with Crippen molar-refractivity contribution in [1.82, 2.24) is 9.80 Å². The van der Waals surface area contributed by atoms with E-state index in [1.54, 1.807) is 30.3 Å². The topological polar surface area (TPSA) is 61.9 Å². The van der Waals surface area contributed by atoms with Crippen LogP contribution in [0.15, 0.2) is 48.5 Å². The standard InChI is InChI=1S/C24H33N3O3/c1-5-26(6-2)15-16-27(7-3)18-20-9-8-10-21(17-20)24(29)30-23-13-11-22(12-14-23)25-19(4)28/h8-14,17H,5-7,15-16,18H2,1-4H3,(H,25,28). The summed E-state index contributed by atoms with van der Waals surface area (Å²) in [5.41, 5.74) is 2.28. The van der Waals surface area contributed by atoms with E-state index in [2.05, 4.69) is 35.9 Å². The number of likely N-dealkylation sites (N-methyl/N-ethyl adjacent to an activating group) is 2. The van der Waals surface area contributed by atoms with Gasteiger partial charge in [-0.05, 0) is 61.6 Å². The van der Waals surface area contributed by atoms with E-state index >= 15 is 0 Å². The van der Waals surface area contributed by atoms with Gasteiger partial charge in [0.25, 0.3) is 0 Å². The van der Waals surface area contributed by atoms with Crippen molar-refractivity contribution in [3.05, 3.63) is 59.7 Å². The van der Waals surface area contributed by atoms with Gasteiger partial charge < -0.3 is 15.0 Å². The molecule has 0 atom stereocenters. The number of nitrogens with one attached hydrogen (secondary N) is 1. The number of esters is 1. The zero-order valence-corrected chi connectivity index (χ0v) is 18.5. The van der Waals surface area contributed by atoms with Crippen LogP contribution in [-0.4, -0.2) is 54.4 Å². The maximum Gasteiger partial charge on any atom is 0.343 e. The molecule has 2 aromatic rings. The van der Waals surface area contributed by atoms with Gasteiger partial charge >= 0.3 is 5.97 Å². The van der Waals surface area contributed by atoms with Gasteiger partial charge in [0.1, 0.15) is 5.75 Å². The van der Waals surface area contributed by atoms with E-state index in [1.165, 1.54) is 6.92 Å². The molecule has 162 valence electrons. The number of hydrogen-bond acceptors (Lipinski definition) is 5. The van der Waals surface area contributed by atoms with E-state index in [0.717, 1.165) is 44.8 Å². The lowest BCUT2D eigenvalue weighted by atomic mass is 10.1. The van der Waals surface area contributed by atoms with Crippen LogP contribution in [0.2, 0.25) is 0 Å². The lowest BCUT2D eigenvalue weighted by Gasteiger charge is -2.25. The Morgan fingerprint density at radius 3 is 2.13 bits per heavy atom. The third kappa shape index (κ3) is 7.61. The molecule has 0 fully saturated rings. The number of rotatable bonds is 11. The Balaban J connectivity index is 1.97. The van der Waals surface area contributed by atoms with Gasteiger partial charge in [-0.3, -0.25) is 9.69 Å². The van der Waals surface area contributed by atoms with Gasteiger partial charge in [0, 0.05) is 32.2 Å². The molecular formula is C24H33N3O3. The molecule has 0 bridgehead atoms. The van der Waals surface area contributed by atoms with Crippen LogP contribution in [0, 0.1) is 0 Å². The second-order valence-electron chi connectivity index (χ2n) is 7.19. The van der Waals surface area contributed by atoms with Gasteiger partial charge in [0.2, 0.25) is 5.91 Å². The number of carbonyl (C=O) groups is 2. The quantitative estimate of drug-likeness (QED) is 0.447. The lowest BCUT2D eigenvalue weighted by Crippen LogP contribution is -2.34. The molecule has 0 aromatic heterocycles. The van der Waals surface area contributed by atoms with E-state index in [0.29, 0.717) is 17.0 Å². The number of anilines is 1. The number of ether oxygens (including phenoxy) is 1. The van der Waals surface area contributed by atoms with Crippen LogP contribution in [0.1, 0.15) is 43.6 Å². The molecule has 0 aliphatic heterocycles. The molecule has 0 saturated heterocycles. The predicted molar refractivity (Wildman–Crippen MR) is 121 cm³/mol. The minimum absolute atomic E-state index is 0.144. The maximum atomic E-state index is 12.6. The van der Waals surface area contributed by atoms with Crippen LogP contribution < -0.4 is 10.1 Å². The zero-order valence-electron chi connectivity index (χ0n) is 18.5. The van der Waals surface area contributed by atoms with E-state index in [-0.39, 0.29) is 5.91 Å². The number of benzene rings is 2. The van der Waals surface area contributed by atoms with Crippen molar-refractivity contribution < 1.29 is 14.3 Å². The molecule has 0 heterocycles. The molecule has 0 aliphatic carbocycles. The Bertz CT molecular complexity index is 817. The summed E-state index contributed by atoms with van der Waals surface area (Å²) in [6.45, 7) is 13.9. The van der Waals surface area contributed by atoms with Crippen molar-refractivity contribution in [2.75, 3.05) is 38.0 Å². The summed E-state index contributed by atoms with van der Waals surface area (Å²) in [4.78, 5) is 28.4. The van der Waals surface area contributed by atoms with Crippen LogP contribution in [0.4, 0.5) is 5.69 Å². The average molecular weight is 412 g/mol. The van der Waals surface area contributed by atoms with Crippen molar-refractivity contribution in [3.63, 3.8) is 0 Å². The Labute approximate surface area is 179 Å². The summed E-state index contributed by atoms with van der Waals surface area (Å²) in [6.07, 6.45) is 0. The molecule has 0 aliphatic rings. The average Bonchev–Trinajstić information content (AvgIpc) is 2.74. The summed E-state index contributed by atoms with van der Waals surface area (Å²) >= 11 is 0. The third-order valence-corrected chi connectivity index (χ3v) is 5.03. The van der Waals surface area contributed by atoms with Crippen LogP contribution in [-0.2, 0) is 11.3 Å². The van der Waals surface area contributed by atoms with E-state index in [9.17, 15) is 9.59 Å². The molecule has 30 heavy (non-hydrogen) atoms. The van der Waals surface area contributed by atoms with Crippen LogP contribution >= 0.6 is 0 Å². The van der Waals surface area contributed by atoms with Gasteiger partial charge in [-0.1, -0.05) is 32.9 Å². The highest BCUT2D eigenvalue weighted by Crippen LogP contribution is 2.18. The number of amides is 1. The van der Waals surface area contributed by atoms with E-state index in [4.69, 9.17) is 4.74 Å². The highest BCUT2D eigenvalue weighted by atomic mass is 16.5. The predicted octanol–water partition coefficient (Wildman–Crippen LogP) is 4.03. The maximum absolute atomic E-state index is 12.6.